The average molecular weight is 279 g/mol. The summed E-state index contributed by atoms with van der Waals surface area (Å²) >= 11 is 1.92. The maximum Gasteiger partial charge on any atom is 0.0299 e. The number of rotatable bonds is 4. The van der Waals surface area contributed by atoms with Crippen molar-refractivity contribution in [1.29, 1.82) is 0 Å². The second-order valence-corrected chi connectivity index (χ2v) is 8.60. The molecule has 1 nitrogen and oxygen atoms in total. The highest BCUT2D eigenvalue weighted by molar-refractivity contribution is 7.11. The van der Waals surface area contributed by atoms with Gasteiger partial charge in [-0.05, 0) is 68.5 Å². The number of aryl methyl sites for hydroxylation is 1. The van der Waals surface area contributed by atoms with Crippen LogP contribution >= 0.6 is 11.3 Å². The van der Waals surface area contributed by atoms with Crippen molar-refractivity contribution in [2.24, 2.45) is 17.3 Å². The van der Waals surface area contributed by atoms with Crippen molar-refractivity contribution in [2.75, 3.05) is 6.54 Å². The summed E-state index contributed by atoms with van der Waals surface area (Å²) in [5.41, 5.74) is 0.507. The number of hydrogen-bond acceptors (Lipinski definition) is 2. The molecular weight excluding hydrogens is 250 g/mol. The first-order chi connectivity index (χ1) is 8.95. The molecule has 1 aliphatic carbocycles. The van der Waals surface area contributed by atoms with Gasteiger partial charge < -0.3 is 5.32 Å². The van der Waals surface area contributed by atoms with E-state index in [1.807, 2.05) is 11.3 Å². The Bertz CT molecular complexity index is 380. The van der Waals surface area contributed by atoms with Crippen LogP contribution in [0.2, 0.25) is 0 Å². The molecule has 19 heavy (non-hydrogen) atoms. The van der Waals surface area contributed by atoms with Crippen LogP contribution in [0.4, 0.5) is 0 Å². The van der Waals surface area contributed by atoms with Gasteiger partial charge in [0.25, 0.3) is 0 Å². The highest BCUT2D eigenvalue weighted by atomic mass is 32.1. The van der Waals surface area contributed by atoms with Gasteiger partial charge in [-0.25, -0.2) is 0 Å². The fourth-order valence-corrected chi connectivity index (χ4v) is 4.07. The molecule has 1 aromatic rings. The SMILES string of the molecule is Cc1ccc(CNCC2CCC(C(C)(C)C)CC2)s1. The van der Waals surface area contributed by atoms with E-state index in [0.717, 1.165) is 18.4 Å². The van der Waals surface area contributed by atoms with Gasteiger partial charge in [-0.3, -0.25) is 0 Å². The third-order valence-corrected chi connectivity index (χ3v) is 5.60. The Morgan fingerprint density at radius 1 is 1.16 bits per heavy atom. The minimum atomic E-state index is 0.507. The molecule has 108 valence electrons. The zero-order valence-electron chi connectivity index (χ0n) is 13.0. The van der Waals surface area contributed by atoms with Crippen LogP contribution in [0.25, 0.3) is 0 Å². The Balaban J connectivity index is 1.66. The fourth-order valence-electron chi connectivity index (χ4n) is 3.21. The first-order valence-electron chi connectivity index (χ1n) is 7.71. The highest BCUT2D eigenvalue weighted by Crippen LogP contribution is 2.39. The summed E-state index contributed by atoms with van der Waals surface area (Å²) in [5, 5.41) is 3.65. The molecule has 0 spiro atoms. The van der Waals surface area contributed by atoms with Gasteiger partial charge in [0.15, 0.2) is 0 Å². The maximum absolute atomic E-state index is 3.65. The Kier molecular flexibility index (Phi) is 5.08. The van der Waals surface area contributed by atoms with Crippen molar-refractivity contribution < 1.29 is 0 Å². The van der Waals surface area contributed by atoms with E-state index >= 15 is 0 Å². The van der Waals surface area contributed by atoms with E-state index < -0.39 is 0 Å². The largest absolute Gasteiger partial charge is 0.312 e. The van der Waals surface area contributed by atoms with Crippen molar-refractivity contribution in [2.45, 2.75) is 59.9 Å². The van der Waals surface area contributed by atoms with Crippen LogP contribution in [0, 0.1) is 24.2 Å². The maximum atomic E-state index is 3.65. The van der Waals surface area contributed by atoms with Crippen molar-refractivity contribution in [3.05, 3.63) is 21.9 Å². The van der Waals surface area contributed by atoms with Gasteiger partial charge in [-0.2, -0.15) is 0 Å². The molecule has 0 aromatic carbocycles. The van der Waals surface area contributed by atoms with Crippen LogP contribution < -0.4 is 5.32 Å². The summed E-state index contributed by atoms with van der Waals surface area (Å²) in [6.07, 6.45) is 5.68. The molecule has 0 saturated heterocycles. The second kappa shape index (κ2) is 6.41. The zero-order chi connectivity index (χ0) is 13.9. The molecule has 2 heteroatoms. The van der Waals surface area contributed by atoms with Crippen LogP contribution in [-0.2, 0) is 6.54 Å². The first kappa shape index (κ1) is 15.1. The van der Waals surface area contributed by atoms with E-state index in [-0.39, 0.29) is 0 Å². The molecule has 0 amide bonds. The van der Waals surface area contributed by atoms with Crippen molar-refractivity contribution in [1.82, 2.24) is 5.32 Å². The summed E-state index contributed by atoms with van der Waals surface area (Å²) in [4.78, 5) is 2.89. The molecule has 1 aromatic heterocycles. The van der Waals surface area contributed by atoms with Crippen LogP contribution in [0.3, 0.4) is 0 Å². The quantitative estimate of drug-likeness (QED) is 0.818. The summed E-state index contributed by atoms with van der Waals surface area (Å²) < 4.78 is 0. The predicted octanol–water partition coefficient (Wildman–Crippen LogP) is 5.00. The monoisotopic (exact) mass is 279 g/mol. The predicted molar refractivity (Wildman–Crippen MR) is 85.7 cm³/mol. The minimum absolute atomic E-state index is 0.507. The van der Waals surface area contributed by atoms with Crippen molar-refractivity contribution >= 4 is 11.3 Å². The molecule has 2 rings (SSSR count). The molecule has 0 radical (unpaired) electrons. The van der Waals surface area contributed by atoms with Crippen molar-refractivity contribution in [3.63, 3.8) is 0 Å². The minimum Gasteiger partial charge on any atom is -0.312 e. The van der Waals surface area contributed by atoms with Gasteiger partial charge in [-0.15, -0.1) is 11.3 Å². The lowest BCUT2D eigenvalue weighted by atomic mass is 9.70. The Morgan fingerprint density at radius 2 is 1.84 bits per heavy atom. The van der Waals surface area contributed by atoms with E-state index in [0.29, 0.717) is 5.41 Å². The smallest absolute Gasteiger partial charge is 0.0299 e. The highest BCUT2D eigenvalue weighted by Gasteiger charge is 2.29. The van der Waals surface area contributed by atoms with Gasteiger partial charge >= 0.3 is 0 Å². The van der Waals surface area contributed by atoms with E-state index in [2.05, 4.69) is 45.1 Å². The third kappa shape index (κ3) is 4.61. The molecule has 0 bridgehead atoms. The summed E-state index contributed by atoms with van der Waals surface area (Å²) in [7, 11) is 0. The van der Waals surface area contributed by atoms with Crippen LogP contribution in [0.1, 0.15) is 56.2 Å². The van der Waals surface area contributed by atoms with Crippen LogP contribution in [-0.4, -0.2) is 6.54 Å². The Labute approximate surface area is 122 Å². The molecule has 1 saturated carbocycles. The van der Waals surface area contributed by atoms with Gasteiger partial charge in [0.2, 0.25) is 0 Å². The second-order valence-electron chi connectivity index (χ2n) is 7.23. The lowest BCUT2D eigenvalue weighted by molar-refractivity contribution is 0.149. The molecule has 1 fully saturated rings. The van der Waals surface area contributed by atoms with E-state index in [4.69, 9.17) is 0 Å². The number of nitrogens with one attached hydrogen (secondary N) is 1. The lowest BCUT2D eigenvalue weighted by Crippen LogP contribution is -2.30. The van der Waals surface area contributed by atoms with E-state index in [9.17, 15) is 0 Å². The van der Waals surface area contributed by atoms with Gasteiger partial charge in [-0.1, -0.05) is 20.8 Å². The lowest BCUT2D eigenvalue weighted by Gasteiger charge is -2.37. The van der Waals surface area contributed by atoms with Crippen LogP contribution in [0.5, 0.6) is 0 Å². The third-order valence-electron chi connectivity index (χ3n) is 4.60. The van der Waals surface area contributed by atoms with E-state index in [1.165, 1.54) is 42.0 Å². The standard InChI is InChI=1S/C17H29NS/c1-13-5-10-16(19-13)12-18-11-14-6-8-15(9-7-14)17(2,3)4/h5,10,14-15,18H,6-9,11-12H2,1-4H3. The number of thiophene rings is 1. The van der Waals surface area contributed by atoms with Crippen LogP contribution in [0.15, 0.2) is 12.1 Å². The van der Waals surface area contributed by atoms with Gasteiger partial charge in [0.05, 0.1) is 0 Å². The molecule has 1 heterocycles. The summed E-state index contributed by atoms with van der Waals surface area (Å²) in [5.74, 6) is 1.84. The zero-order valence-corrected chi connectivity index (χ0v) is 13.8. The molecule has 0 atom stereocenters. The summed E-state index contributed by atoms with van der Waals surface area (Å²) in [6.45, 7) is 11.6. The van der Waals surface area contributed by atoms with E-state index in [1.54, 1.807) is 0 Å². The molecule has 0 aliphatic heterocycles. The number of hydrogen-bond donors (Lipinski definition) is 1. The van der Waals surface area contributed by atoms with Gasteiger partial charge in [0.1, 0.15) is 0 Å². The molecular formula is C17H29NS. The summed E-state index contributed by atoms with van der Waals surface area (Å²) in [6, 6.07) is 4.47. The molecule has 1 N–H and O–H groups in total. The van der Waals surface area contributed by atoms with Crippen molar-refractivity contribution in [3.8, 4) is 0 Å². The Hall–Kier alpha value is -0.340. The Morgan fingerprint density at radius 3 is 2.37 bits per heavy atom. The normalized spacial score (nSPS) is 24.6. The fraction of sp³-hybridized carbons (Fsp3) is 0.765. The average Bonchev–Trinajstić information content (AvgIpc) is 2.75. The first-order valence-corrected chi connectivity index (χ1v) is 8.53. The van der Waals surface area contributed by atoms with Gasteiger partial charge in [0, 0.05) is 16.3 Å². The molecule has 0 unspecified atom stereocenters. The topological polar surface area (TPSA) is 12.0 Å². The molecule has 1 aliphatic rings.